The lowest BCUT2D eigenvalue weighted by Gasteiger charge is -2.17. The summed E-state index contributed by atoms with van der Waals surface area (Å²) < 4.78 is 11.9. The van der Waals surface area contributed by atoms with Gasteiger partial charge >= 0.3 is 5.97 Å². The predicted molar refractivity (Wildman–Crippen MR) is 87.9 cm³/mol. The summed E-state index contributed by atoms with van der Waals surface area (Å²) in [6.45, 7) is 0. The number of halogens is 1. The van der Waals surface area contributed by atoms with Crippen molar-refractivity contribution in [2.24, 2.45) is 0 Å². The number of aliphatic carboxylic acids is 1. The van der Waals surface area contributed by atoms with E-state index >= 15 is 0 Å². The van der Waals surface area contributed by atoms with Crippen LogP contribution in [0.2, 0.25) is 0 Å². The Morgan fingerprint density at radius 2 is 1.76 bits per heavy atom. The molecule has 21 heavy (non-hydrogen) atoms. The number of methoxy groups -OCH3 is 1. The second-order valence-corrected chi connectivity index (χ2v) is 5.67. The Hall–Kier alpha value is -1.76. The van der Waals surface area contributed by atoms with Crippen molar-refractivity contribution in [3.63, 3.8) is 0 Å². The van der Waals surface area contributed by atoms with Crippen LogP contribution < -0.4 is 9.47 Å². The number of carbonyl (C=O) groups is 1. The summed E-state index contributed by atoms with van der Waals surface area (Å²) in [6.07, 6.45) is -0.661. The monoisotopic (exact) mass is 398 g/mol. The minimum atomic E-state index is -1.00. The number of carboxylic acids is 1. The summed E-state index contributed by atoms with van der Waals surface area (Å²) >= 11 is 2.21. The van der Waals surface area contributed by atoms with Crippen molar-refractivity contribution in [1.29, 1.82) is 0 Å². The first kappa shape index (κ1) is 15.6. The van der Waals surface area contributed by atoms with Gasteiger partial charge < -0.3 is 14.6 Å². The third-order valence-electron chi connectivity index (χ3n) is 2.95. The van der Waals surface area contributed by atoms with Crippen LogP contribution in [0.3, 0.4) is 0 Å². The summed E-state index contributed by atoms with van der Waals surface area (Å²) in [6, 6.07) is 14.7. The average molecular weight is 398 g/mol. The third-order valence-corrected chi connectivity index (χ3v) is 3.67. The summed E-state index contributed by atoms with van der Waals surface area (Å²) in [5.74, 6) is -0.0521. The molecule has 0 aromatic heterocycles. The van der Waals surface area contributed by atoms with Gasteiger partial charge in [-0.25, -0.2) is 4.79 Å². The van der Waals surface area contributed by atoms with Gasteiger partial charge in [-0.3, -0.25) is 0 Å². The highest BCUT2D eigenvalue weighted by molar-refractivity contribution is 14.1. The highest BCUT2D eigenvalue weighted by Crippen LogP contribution is 2.27. The molecular weight excluding hydrogens is 383 g/mol. The minimum Gasteiger partial charge on any atom is -0.493 e. The van der Waals surface area contributed by atoms with Crippen LogP contribution in [0.5, 0.6) is 11.5 Å². The summed E-state index contributed by atoms with van der Waals surface area (Å²) in [5, 5.41) is 9.35. The maximum atomic E-state index is 11.4. The first-order valence-corrected chi connectivity index (χ1v) is 7.45. The van der Waals surface area contributed by atoms with Crippen molar-refractivity contribution < 1.29 is 19.4 Å². The molecule has 2 aromatic carbocycles. The standard InChI is InChI=1S/C16H15IO4/c1-20-13-4-2-3-5-14(13)21-15(16(18)19)10-11-6-8-12(17)9-7-11/h2-9,15H,10H2,1H3,(H,18,19)/t15-/m1/s1. The molecule has 0 spiro atoms. The van der Waals surface area contributed by atoms with Gasteiger partial charge in [0.1, 0.15) is 0 Å². The number of benzene rings is 2. The molecule has 4 nitrogen and oxygen atoms in total. The zero-order chi connectivity index (χ0) is 15.2. The van der Waals surface area contributed by atoms with Gasteiger partial charge in [-0.15, -0.1) is 0 Å². The van der Waals surface area contributed by atoms with Gasteiger partial charge in [-0.1, -0.05) is 24.3 Å². The first-order chi connectivity index (χ1) is 10.1. The lowest BCUT2D eigenvalue weighted by molar-refractivity contribution is -0.145. The molecule has 0 bridgehead atoms. The van der Waals surface area contributed by atoms with E-state index in [1.54, 1.807) is 24.3 Å². The van der Waals surface area contributed by atoms with E-state index in [1.165, 1.54) is 7.11 Å². The van der Waals surface area contributed by atoms with Gasteiger partial charge in [0.2, 0.25) is 0 Å². The molecule has 0 radical (unpaired) electrons. The molecule has 0 saturated heterocycles. The largest absolute Gasteiger partial charge is 0.493 e. The van der Waals surface area contributed by atoms with Crippen LogP contribution in [0.4, 0.5) is 0 Å². The van der Waals surface area contributed by atoms with E-state index in [-0.39, 0.29) is 0 Å². The van der Waals surface area contributed by atoms with E-state index in [0.717, 1.165) is 9.13 Å². The molecule has 2 rings (SSSR count). The Bertz CT molecular complexity index is 610. The zero-order valence-electron chi connectivity index (χ0n) is 11.5. The fourth-order valence-corrected chi connectivity index (χ4v) is 2.24. The topological polar surface area (TPSA) is 55.8 Å². The molecule has 0 saturated carbocycles. The fraction of sp³-hybridized carbons (Fsp3) is 0.188. The van der Waals surface area contributed by atoms with Gasteiger partial charge in [0.15, 0.2) is 17.6 Å². The van der Waals surface area contributed by atoms with Gasteiger partial charge in [0.05, 0.1) is 7.11 Å². The molecule has 0 aliphatic carbocycles. The lowest BCUT2D eigenvalue weighted by Crippen LogP contribution is -2.29. The maximum Gasteiger partial charge on any atom is 0.345 e. The van der Waals surface area contributed by atoms with E-state index in [9.17, 15) is 9.90 Å². The molecule has 0 aliphatic heterocycles. The van der Waals surface area contributed by atoms with E-state index < -0.39 is 12.1 Å². The highest BCUT2D eigenvalue weighted by atomic mass is 127. The Morgan fingerprint density at radius 3 is 2.33 bits per heavy atom. The van der Waals surface area contributed by atoms with Gasteiger partial charge in [0.25, 0.3) is 0 Å². The number of hydrogen-bond donors (Lipinski definition) is 1. The fourth-order valence-electron chi connectivity index (χ4n) is 1.88. The lowest BCUT2D eigenvalue weighted by atomic mass is 10.1. The summed E-state index contributed by atoms with van der Waals surface area (Å²) in [7, 11) is 1.52. The Kier molecular flexibility index (Phi) is 5.44. The number of rotatable bonds is 6. The normalized spacial score (nSPS) is 11.7. The molecule has 0 unspecified atom stereocenters. The van der Waals surface area contributed by atoms with Crippen molar-refractivity contribution in [1.82, 2.24) is 0 Å². The Labute approximate surface area is 136 Å². The Balaban J connectivity index is 2.16. The third kappa shape index (κ3) is 4.35. The van der Waals surface area contributed by atoms with Crippen molar-refractivity contribution in [3.8, 4) is 11.5 Å². The van der Waals surface area contributed by atoms with Crippen LogP contribution in [-0.2, 0) is 11.2 Å². The zero-order valence-corrected chi connectivity index (χ0v) is 13.6. The maximum absolute atomic E-state index is 11.4. The van der Waals surface area contributed by atoms with Crippen molar-refractivity contribution in [2.45, 2.75) is 12.5 Å². The summed E-state index contributed by atoms with van der Waals surface area (Å²) in [5.41, 5.74) is 0.915. The molecule has 0 aliphatic rings. The number of carboxylic acid groups (broad SMARTS) is 1. The van der Waals surface area contributed by atoms with E-state index in [0.29, 0.717) is 17.9 Å². The van der Waals surface area contributed by atoms with E-state index in [1.807, 2.05) is 24.3 Å². The van der Waals surface area contributed by atoms with Crippen LogP contribution in [0.25, 0.3) is 0 Å². The second-order valence-electron chi connectivity index (χ2n) is 4.43. The Morgan fingerprint density at radius 1 is 1.14 bits per heavy atom. The van der Waals surface area contributed by atoms with E-state index in [2.05, 4.69) is 22.6 Å². The number of hydrogen-bond acceptors (Lipinski definition) is 3. The smallest absolute Gasteiger partial charge is 0.345 e. The van der Waals surface area contributed by atoms with Crippen LogP contribution >= 0.6 is 22.6 Å². The van der Waals surface area contributed by atoms with Gasteiger partial charge in [0, 0.05) is 9.99 Å². The molecule has 110 valence electrons. The minimum absolute atomic E-state index is 0.296. The SMILES string of the molecule is COc1ccccc1O[C@H](Cc1ccc(I)cc1)C(=O)O. The molecule has 1 atom stereocenters. The van der Waals surface area contributed by atoms with Gasteiger partial charge in [-0.05, 0) is 52.4 Å². The number of ether oxygens (including phenoxy) is 2. The number of para-hydroxylation sites is 2. The highest BCUT2D eigenvalue weighted by Gasteiger charge is 2.21. The van der Waals surface area contributed by atoms with Crippen molar-refractivity contribution in [3.05, 3.63) is 57.7 Å². The molecule has 0 fully saturated rings. The quantitative estimate of drug-likeness (QED) is 0.759. The average Bonchev–Trinajstić information content (AvgIpc) is 2.49. The second kappa shape index (κ2) is 7.31. The molecule has 1 N–H and O–H groups in total. The van der Waals surface area contributed by atoms with Gasteiger partial charge in [-0.2, -0.15) is 0 Å². The molecular formula is C16H15IO4. The molecule has 0 heterocycles. The first-order valence-electron chi connectivity index (χ1n) is 6.37. The van der Waals surface area contributed by atoms with Crippen LogP contribution in [0.1, 0.15) is 5.56 Å². The molecule has 0 amide bonds. The van der Waals surface area contributed by atoms with Crippen molar-refractivity contribution in [2.75, 3.05) is 7.11 Å². The van der Waals surface area contributed by atoms with Crippen molar-refractivity contribution >= 4 is 28.6 Å². The van der Waals surface area contributed by atoms with Crippen LogP contribution in [0, 0.1) is 3.57 Å². The predicted octanol–water partition coefficient (Wildman–Crippen LogP) is 3.37. The molecule has 2 aromatic rings. The van der Waals surface area contributed by atoms with Crippen LogP contribution in [0.15, 0.2) is 48.5 Å². The van der Waals surface area contributed by atoms with Crippen LogP contribution in [-0.4, -0.2) is 24.3 Å². The summed E-state index contributed by atoms with van der Waals surface area (Å²) in [4.78, 5) is 11.4. The molecule has 5 heteroatoms. The van der Waals surface area contributed by atoms with E-state index in [4.69, 9.17) is 9.47 Å².